The highest BCUT2D eigenvalue weighted by molar-refractivity contribution is 7.99. The highest BCUT2D eigenvalue weighted by Gasteiger charge is 2.23. The lowest BCUT2D eigenvalue weighted by molar-refractivity contribution is -0.119. The number of thioether (sulfide) groups is 1. The molecule has 0 aliphatic heterocycles. The number of fused-ring (bicyclic) bond motifs is 3. The lowest BCUT2D eigenvalue weighted by Crippen LogP contribution is -2.33. The summed E-state index contributed by atoms with van der Waals surface area (Å²) in [6, 6.07) is 0.185. The summed E-state index contributed by atoms with van der Waals surface area (Å²) < 4.78 is 0. The molecule has 2 aromatic rings. The molecule has 7 heteroatoms. The Labute approximate surface area is 168 Å². The van der Waals surface area contributed by atoms with E-state index < -0.39 is 0 Å². The molecule has 2 heterocycles. The number of hydrogen-bond acceptors (Lipinski definition) is 5. The fourth-order valence-corrected chi connectivity index (χ4v) is 5.73. The van der Waals surface area contributed by atoms with Crippen LogP contribution >= 0.6 is 23.1 Å². The number of aromatic nitrogens is 2. The number of aromatic amines is 1. The van der Waals surface area contributed by atoms with Gasteiger partial charge in [0.25, 0.3) is 5.56 Å². The molecular formula is C20H29N3O2S2. The molecule has 0 saturated carbocycles. The molecule has 2 aromatic heterocycles. The Morgan fingerprint density at radius 3 is 3.04 bits per heavy atom. The van der Waals surface area contributed by atoms with Gasteiger partial charge in [0.2, 0.25) is 5.91 Å². The van der Waals surface area contributed by atoms with Gasteiger partial charge in [-0.2, -0.15) is 0 Å². The zero-order valence-electron chi connectivity index (χ0n) is 16.4. The molecule has 148 valence electrons. The molecule has 0 saturated heterocycles. The van der Waals surface area contributed by atoms with Crippen molar-refractivity contribution in [3.63, 3.8) is 0 Å². The van der Waals surface area contributed by atoms with E-state index in [9.17, 15) is 9.59 Å². The maximum Gasteiger partial charge on any atom is 0.260 e. The van der Waals surface area contributed by atoms with Crippen LogP contribution in [0.5, 0.6) is 0 Å². The number of H-pyrrole nitrogens is 1. The predicted octanol–water partition coefficient (Wildman–Crippen LogP) is 4.29. The average molecular weight is 408 g/mol. The second kappa shape index (κ2) is 9.24. The minimum absolute atomic E-state index is 0.00829. The highest BCUT2D eigenvalue weighted by Crippen LogP contribution is 2.36. The summed E-state index contributed by atoms with van der Waals surface area (Å²) in [6.45, 7) is 6.48. The highest BCUT2D eigenvalue weighted by atomic mass is 32.2. The molecule has 0 radical (unpaired) electrons. The molecule has 0 aromatic carbocycles. The van der Waals surface area contributed by atoms with Crippen LogP contribution in [0.15, 0.2) is 9.95 Å². The first-order valence-corrected chi connectivity index (χ1v) is 11.7. The second-order valence-electron chi connectivity index (χ2n) is 7.66. The van der Waals surface area contributed by atoms with Gasteiger partial charge in [-0.05, 0) is 44.1 Å². The Balaban J connectivity index is 1.62. The standard InChI is InChI=1S/C20H29N3O2S2/c1-4-5-6-7-13(3)21-16(24)11-26-20-22-18(25)17-14-9-8-12(2)10-15(14)27-19(17)23-20/h12-13H,4-11H2,1-3H3,(H,21,24)(H,22,23,25)/t12-,13-/m1/s1. The molecule has 0 unspecified atom stereocenters. The summed E-state index contributed by atoms with van der Waals surface area (Å²) in [6.07, 6.45) is 7.66. The van der Waals surface area contributed by atoms with Gasteiger partial charge in [-0.3, -0.25) is 9.59 Å². The van der Waals surface area contributed by atoms with Gasteiger partial charge in [-0.1, -0.05) is 44.9 Å². The summed E-state index contributed by atoms with van der Waals surface area (Å²) in [5, 5.41) is 4.33. The number of nitrogens with one attached hydrogen (secondary N) is 2. The lowest BCUT2D eigenvalue weighted by Gasteiger charge is -2.17. The van der Waals surface area contributed by atoms with Gasteiger partial charge in [0, 0.05) is 10.9 Å². The molecule has 0 spiro atoms. The van der Waals surface area contributed by atoms with Crippen molar-refractivity contribution in [1.29, 1.82) is 0 Å². The third-order valence-corrected chi connectivity index (χ3v) is 7.15. The van der Waals surface area contributed by atoms with Crippen molar-refractivity contribution in [3.05, 3.63) is 20.8 Å². The third-order valence-electron chi connectivity index (χ3n) is 5.13. The van der Waals surface area contributed by atoms with E-state index in [-0.39, 0.29) is 23.3 Å². The maximum atomic E-state index is 12.6. The van der Waals surface area contributed by atoms with E-state index in [0.717, 1.165) is 42.3 Å². The number of hydrogen-bond donors (Lipinski definition) is 2. The van der Waals surface area contributed by atoms with E-state index in [1.54, 1.807) is 11.3 Å². The van der Waals surface area contributed by atoms with Gasteiger partial charge < -0.3 is 10.3 Å². The maximum absolute atomic E-state index is 12.6. The molecule has 1 aliphatic rings. The lowest BCUT2D eigenvalue weighted by atomic mass is 9.89. The van der Waals surface area contributed by atoms with Crippen LogP contribution in [-0.2, 0) is 17.6 Å². The fraction of sp³-hybridized carbons (Fsp3) is 0.650. The van der Waals surface area contributed by atoms with Crippen LogP contribution in [0.2, 0.25) is 0 Å². The third kappa shape index (κ3) is 5.13. The number of aryl methyl sites for hydroxylation is 1. The Kier molecular flexibility index (Phi) is 6.98. The number of carbonyl (C=O) groups excluding carboxylic acids is 1. The summed E-state index contributed by atoms with van der Waals surface area (Å²) >= 11 is 2.95. The van der Waals surface area contributed by atoms with Crippen LogP contribution in [0.4, 0.5) is 0 Å². The van der Waals surface area contributed by atoms with Crippen molar-refractivity contribution in [2.75, 3.05) is 5.75 Å². The first-order chi connectivity index (χ1) is 13.0. The summed E-state index contributed by atoms with van der Waals surface area (Å²) in [7, 11) is 0. The number of thiophene rings is 1. The van der Waals surface area contributed by atoms with Crippen LogP contribution in [0, 0.1) is 5.92 Å². The van der Waals surface area contributed by atoms with Crippen LogP contribution in [0.25, 0.3) is 10.2 Å². The van der Waals surface area contributed by atoms with Crippen molar-refractivity contribution in [2.45, 2.75) is 76.9 Å². The quantitative estimate of drug-likeness (QED) is 0.389. The summed E-state index contributed by atoms with van der Waals surface area (Å²) in [5.41, 5.74) is 1.12. The fourth-order valence-electron chi connectivity index (χ4n) is 3.62. The van der Waals surface area contributed by atoms with Crippen LogP contribution in [0.3, 0.4) is 0 Å². The smallest absolute Gasteiger partial charge is 0.260 e. The Morgan fingerprint density at radius 2 is 2.26 bits per heavy atom. The van der Waals surface area contributed by atoms with E-state index in [1.807, 2.05) is 6.92 Å². The summed E-state index contributed by atoms with van der Waals surface area (Å²) in [5.74, 6) is 0.932. The summed E-state index contributed by atoms with van der Waals surface area (Å²) in [4.78, 5) is 34.4. The van der Waals surface area contributed by atoms with Gasteiger partial charge in [0.1, 0.15) is 4.83 Å². The van der Waals surface area contributed by atoms with E-state index >= 15 is 0 Å². The van der Waals surface area contributed by atoms with Gasteiger partial charge >= 0.3 is 0 Å². The van der Waals surface area contributed by atoms with E-state index in [2.05, 4.69) is 29.1 Å². The molecule has 0 bridgehead atoms. The van der Waals surface area contributed by atoms with Crippen molar-refractivity contribution >= 4 is 39.2 Å². The van der Waals surface area contributed by atoms with Crippen LogP contribution < -0.4 is 10.9 Å². The minimum atomic E-state index is -0.0668. The average Bonchev–Trinajstić information content (AvgIpc) is 2.97. The number of unbranched alkanes of at least 4 members (excludes halogenated alkanes) is 2. The Bertz CT molecular complexity index is 859. The van der Waals surface area contributed by atoms with Crippen molar-refractivity contribution < 1.29 is 4.79 Å². The molecule has 3 rings (SSSR count). The van der Waals surface area contributed by atoms with Crippen molar-refractivity contribution in [2.24, 2.45) is 5.92 Å². The van der Waals surface area contributed by atoms with E-state index in [0.29, 0.717) is 11.1 Å². The van der Waals surface area contributed by atoms with Crippen LogP contribution in [0.1, 0.15) is 63.3 Å². The van der Waals surface area contributed by atoms with E-state index in [1.165, 1.54) is 35.0 Å². The predicted molar refractivity (Wildman–Crippen MR) is 114 cm³/mol. The number of carbonyl (C=O) groups is 1. The number of amides is 1. The zero-order valence-corrected chi connectivity index (χ0v) is 18.0. The normalized spacial score (nSPS) is 17.7. The molecule has 27 heavy (non-hydrogen) atoms. The molecule has 0 fully saturated rings. The second-order valence-corrected chi connectivity index (χ2v) is 9.70. The Morgan fingerprint density at radius 1 is 1.44 bits per heavy atom. The minimum Gasteiger partial charge on any atom is -0.353 e. The number of rotatable bonds is 8. The van der Waals surface area contributed by atoms with Gasteiger partial charge in [-0.15, -0.1) is 11.3 Å². The largest absolute Gasteiger partial charge is 0.353 e. The van der Waals surface area contributed by atoms with Gasteiger partial charge in [0.05, 0.1) is 11.1 Å². The zero-order chi connectivity index (χ0) is 19.4. The SMILES string of the molecule is CCCCC[C@@H](C)NC(=O)CSc1nc2sc3c(c2c(=O)[nH]1)CC[C@@H](C)C3. The van der Waals surface area contributed by atoms with Gasteiger partial charge in [0.15, 0.2) is 5.16 Å². The van der Waals surface area contributed by atoms with Crippen molar-refractivity contribution in [1.82, 2.24) is 15.3 Å². The van der Waals surface area contributed by atoms with E-state index in [4.69, 9.17) is 0 Å². The molecule has 1 aliphatic carbocycles. The molecule has 2 atom stereocenters. The molecular weight excluding hydrogens is 378 g/mol. The van der Waals surface area contributed by atoms with Crippen LogP contribution in [-0.4, -0.2) is 27.7 Å². The number of nitrogens with zero attached hydrogens (tertiary/aromatic N) is 1. The topological polar surface area (TPSA) is 74.8 Å². The molecule has 1 amide bonds. The van der Waals surface area contributed by atoms with Crippen molar-refractivity contribution in [3.8, 4) is 0 Å². The first kappa shape index (κ1) is 20.4. The Hall–Kier alpha value is -1.34. The molecule has 5 nitrogen and oxygen atoms in total. The first-order valence-electron chi connectivity index (χ1n) is 9.94. The van der Waals surface area contributed by atoms with Gasteiger partial charge in [-0.25, -0.2) is 4.98 Å². The molecule has 2 N–H and O–H groups in total. The monoisotopic (exact) mass is 407 g/mol.